The minimum absolute atomic E-state index is 0.0472. The second-order valence-corrected chi connectivity index (χ2v) is 8.55. The van der Waals surface area contributed by atoms with Gasteiger partial charge in [-0.2, -0.15) is 0 Å². The number of hydrogen-bond donors (Lipinski definition) is 1. The third-order valence-corrected chi connectivity index (χ3v) is 5.81. The number of benzene rings is 1. The quantitative estimate of drug-likeness (QED) is 0.565. The Hall–Kier alpha value is -2.35. The van der Waals surface area contributed by atoms with Crippen molar-refractivity contribution < 1.29 is 27.5 Å². The van der Waals surface area contributed by atoms with Crippen LogP contribution in [0, 0.1) is 0 Å². The van der Waals surface area contributed by atoms with Crippen LogP contribution in [0.5, 0.6) is 5.75 Å². The highest BCUT2D eigenvalue weighted by Gasteiger charge is 2.39. The molecule has 26 heavy (non-hydrogen) atoms. The van der Waals surface area contributed by atoms with Crippen molar-refractivity contribution in [1.82, 2.24) is 5.32 Å². The highest BCUT2D eigenvalue weighted by molar-refractivity contribution is 7.91. The summed E-state index contributed by atoms with van der Waals surface area (Å²) < 4.78 is 33.4. The summed E-state index contributed by atoms with van der Waals surface area (Å²) in [4.78, 5) is 23.7. The number of rotatable bonds is 7. The molecule has 1 aliphatic rings. The van der Waals surface area contributed by atoms with Gasteiger partial charge >= 0.3 is 5.97 Å². The predicted octanol–water partition coefficient (Wildman–Crippen LogP) is 1.34. The molecule has 1 amide bonds. The largest absolute Gasteiger partial charge is 0.493 e. The normalized spacial score (nSPS) is 21.5. The van der Waals surface area contributed by atoms with E-state index in [-0.39, 0.29) is 11.5 Å². The first-order valence-corrected chi connectivity index (χ1v) is 10.1. The van der Waals surface area contributed by atoms with E-state index in [9.17, 15) is 18.0 Å². The molecule has 0 radical (unpaired) electrons. The van der Waals surface area contributed by atoms with Crippen molar-refractivity contribution >= 4 is 27.8 Å². The maximum atomic E-state index is 11.9. The maximum Gasteiger partial charge on any atom is 0.331 e. The smallest absolute Gasteiger partial charge is 0.331 e. The van der Waals surface area contributed by atoms with Gasteiger partial charge in [0.25, 0.3) is 5.91 Å². The second kappa shape index (κ2) is 8.35. The van der Waals surface area contributed by atoms with Crippen LogP contribution in [0.2, 0.25) is 0 Å². The Labute approximate surface area is 153 Å². The van der Waals surface area contributed by atoms with Gasteiger partial charge in [0.05, 0.1) is 23.7 Å². The summed E-state index contributed by atoms with van der Waals surface area (Å²) in [7, 11) is -3.12. The van der Waals surface area contributed by atoms with Crippen LogP contribution in [0.1, 0.15) is 25.8 Å². The van der Waals surface area contributed by atoms with Gasteiger partial charge in [0.15, 0.2) is 16.4 Å². The lowest BCUT2D eigenvalue weighted by Gasteiger charge is -2.23. The molecule has 1 aliphatic heterocycles. The Balaban J connectivity index is 1.84. The fourth-order valence-corrected chi connectivity index (χ4v) is 4.82. The molecule has 8 heteroatoms. The Morgan fingerprint density at radius 1 is 1.31 bits per heavy atom. The molecule has 1 N–H and O–H groups in total. The molecule has 1 saturated heterocycles. The van der Waals surface area contributed by atoms with Crippen LogP contribution in [-0.4, -0.2) is 50.6 Å². The molecule has 142 valence electrons. The number of ether oxygens (including phenoxy) is 2. The Bertz CT molecular complexity index is 802. The van der Waals surface area contributed by atoms with E-state index in [1.165, 1.54) is 6.08 Å². The number of carbonyl (C=O) groups excluding carboxylic acids is 2. The molecule has 1 fully saturated rings. The minimum Gasteiger partial charge on any atom is -0.493 e. The number of para-hydroxylation sites is 1. The molecule has 0 unspecified atom stereocenters. The van der Waals surface area contributed by atoms with Gasteiger partial charge in [-0.3, -0.25) is 4.79 Å². The zero-order valence-corrected chi connectivity index (χ0v) is 15.7. The molecule has 0 saturated carbocycles. The lowest BCUT2D eigenvalue weighted by atomic mass is 10.0. The van der Waals surface area contributed by atoms with Crippen molar-refractivity contribution in [1.29, 1.82) is 0 Å². The van der Waals surface area contributed by atoms with E-state index < -0.39 is 33.9 Å². The first kappa shape index (κ1) is 20.0. The molecule has 2 rings (SSSR count). The number of nitrogens with one attached hydrogen (secondary N) is 1. The molecule has 1 aromatic rings. The third-order valence-electron chi connectivity index (χ3n) is 3.91. The van der Waals surface area contributed by atoms with Gasteiger partial charge in [-0.05, 0) is 32.4 Å². The van der Waals surface area contributed by atoms with Gasteiger partial charge in [0.2, 0.25) is 0 Å². The lowest BCUT2D eigenvalue weighted by molar-refractivity contribution is -0.144. The molecule has 1 heterocycles. The van der Waals surface area contributed by atoms with Crippen molar-refractivity contribution in [3.05, 3.63) is 35.9 Å². The SMILES string of the molecule is CCOc1ccccc1/C=C/C(=O)OCC(=O)N[C@]1(C)CCS(=O)(=O)C1. The fourth-order valence-electron chi connectivity index (χ4n) is 2.73. The van der Waals surface area contributed by atoms with Crippen LogP contribution in [0.25, 0.3) is 6.08 Å². The molecule has 1 atom stereocenters. The van der Waals surface area contributed by atoms with Gasteiger partial charge in [0.1, 0.15) is 5.75 Å². The molecule has 0 aliphatic carbocycles. The van der Waals surface area contributed by atoms with Crippen LogP contribution in [0.15, 0.2) is 30.3 Å². The Morgan fingerprint density at radius 3 is 2.69 bits per heavy atom. The minimum atomic E-state index is -3.12. The van der Waals surface area contributed by atoms with E-state index in [0.29, 0.717) is 18.8 Å². The molecule has 7 nitrogen and oxygen atoms in total. The molecular formula is C18H23NO6S. The predicted molar refractivity (Wildman–Crippen MR) is 97.4 cm³/mol. The molecule has 0 aromatic heterocycles. The Kier molecular flexibility index (Phi) is 6.42. The van der Waals surface area contributed by atoms with Crippen molar-refractivity contribution in [3.8, 4) is 5.75 Å². The molecule has 0 spiro atoms. The lowest BCUT2D eigenvalue weighted by Crippen LogP contribution is -2.48. The van der Waals surface area contributed by atoms with E-state index in [4.69, 9.17) is 9.47 Å². The van der Waals surface area contributed by atoms with E-state index >= 15 is 0 Å². The zero-order chi connectivity index (χ0) is 19.2. The van der Waals surface area contributed by atoms with Gasteiger partial charge in [-0.25, -0.2) is 13.2 Å². The summed E-state index contributed by atoms with van der Waals surface area (Å²) in [6.07, 6.45) is 3.12. The van der Waals surface area contributed by atoms with E-state index in [1.54, 1.807) is 25.1 Å². The van der Waals surface area contributed by atoms with Gasteiger partial charge in [0, 0.05) is 11.6 Å². The van der Waals surface area contributed by atoms with Gasteiger partial charge in [-0.15, -0.1) is 0 Å². The molecule has 1 aromatic carbocycles. The number of esters is 1. The first-order chi connectivity index (χ1) is 12.2. The van der Waals surface area contributed by atoms with Gasteiger partial charge in [-0.1, -0.05) is 18.2 Å². The topological polar surface area (TPSA) is 98.8 Å². The van der Waals surface area contributed by atoms with E-state index in [0.717, 1.165) is 5.56 Å². The standard InChI is InChI=1S/C18H23NO6S/c1-3-24-15-7-5-4-6-14(15)8-9-17(21)25-12-16(20)19-18(2)10-11-26(22,23)13-18/h4-9H,3,10-13H2,1-2H3,(H,19,20)/b9-8+/t18-/m1/s1. The summed E-state index contributed by atoms with van der Waals surface area (Å²) in [5, 5.41) is 2.63. The van der Waals surface area contributed by atoms with Crippen LogP contribution in [0.3, 0.4) is 0 Å². The van der Waals surface area contributed by atoms with E-state index in [2.05, 4.69) is 5.32 Å². The highest BCUT2D eigenvalue weighted by Crippen LogP contribution is 2.22. The number of sulfone groups is 1. The summed E-state index contributed by atoms with van der Waals surface area (Å²) in [6, 6.07) is 7.23. The molecular weight excluding hydrogens is 358 g/mol. The average Bonchev–Trinajstić information content (AvgIpc) is 2.85. The number of amides is 1. The highest BCUT2D eigenvalue weighted by atomic mass is 32.2. The zero-order valence-electron chi connectivity index (χ0n) is 14.9. The van der Waals surface area contributed by atoms with Crippen molar-refractivity contribution in [2.75, 3.05) is 24.7 Å². The van der Waals surface area contributed by atoms with Gasteiger partial charge < -0.3 is 14.8 Å². The Morgan fingerprint density at radius 2 is 2.04 bits per heavy atom. The summed E-state index contributed by atoms with van der Waals surface area (Å²) >= 11 is 0. The van der Waals surface area contributed by atoms with Crippen LogP contribution >= 0.6 is 0 Å². The van der Waals surface area contributed by atoms with Crippen LogP contribution in [-0.2, 0) is 24.2 Å². The average molecular weight is 381 g/mol. The first-order valence-electron chi connectivity index (χ1n) is 8.31. The molecule has 0 bridgehead atoms. The van der Waals surface area contributed by atoms with E-state index in [1.807, 2.05) is 19.1 Å². The van der Waals surface area contributed by atoms with Crippen LogP contribution < -0.4 is 10.1 Å². The summed E-state index contributed by atoms with van der Waals surface area (Å²) in [5.74, 6) is -0.608. The monoisotopic (exact) mass is 381 g/mol. The number of hydrogen-bond acceptors (Lipinski definition) is 6. The van der Waals surface area contributed by atoms with Crippen molar-refractivity contribution in [3.63, 3.8) is 0 Å². The fraction of sp³-hybridized carbons (Fsp3) is 0.444. The second-order valence-electron chi connectivity index (χ2n) is 6.36. The van der Waals surface area contributed by atoms with Crippen molar-refractivity contribution in [2.45, 2.75) is 25.8 Å². The van der Waals surface area contributed by atoms with Crippen LogP contribution in [0.4, 0.5) is 0 Å². The maximum absolute atomic E-state index is 11.9. The third kappa shape index (κ3) is 5.87. The summed E-state index contributed by atoms with van der Waals surface area (Å²) in [5.41, 5.74) is -0.0892. The number of carbonyl (C=O) groups is 2. The van der Waals surface area contributed by atoms with Crippen molar-refractivity contribution in [2.24, 2.45) is 0 Å². The summed E-state index contributed by atoms with van der Waals surface area (Å²) in [6.45, 7) is 3.57.